The molecule has 1 aliphatic carbocycles. The third kappa shape index (κ3) is 4.13. The summed E-state index contributed by atoms with van der Waals surface area (Å²) in [6.07, 6.45) is 14.4. The Balaban J connectivity index is 1.55. The normalized spacial score (nSPS) is 20.9. The van der Waals surface area contributed by atoms with Crippen LogP contribution in [0.5, 0.6) is 0 Å². The van der Waals surface area contributed by atoms with Crippen LogP contribution in [-0.2, 0) is 29.8 Å². The van der Waals surface area contributed by atoms with Gasteiger partial charge in [0, 0.05) is 35.6 Å². The summed E-state index contributed by atoms with van der Waals surface area (Å²) >= 11 is 0. The Bertz CT molecular complexity index is 2040. The monoisotopic (exact) mass is 610 g/mol. The van der Waals surface area contributed by atoms with E-state index in [0.717, 1.165) is 43.2 Å². The van der Waals surface area contributed by atoms with Gasteiger partial charge in [0.25, 0.3) is 0 Å². The van der Waals surface area contributed by atoms with Crippen molar-refractivity contribution in [3.8, 4) is 22.5 Å². The van der Waals surface area contributed by atoms with Crippen molar-refractivity contribution in [2.45, 2.75) is 90.0 Å². The number of allylic oxidation sites excluding steroid dienone is 1. The highest BCUT2D eigenvalue weighted by Gasteiger charge is 2.60. The van der Waals surface area contributed by atoms with Crippen molar-refractivity contribution in [1.29, 1.82) is 0 Å². The highest BCUT2D eigenvalue weighted by Crippen LogP contribution is 2.58. The lowest BCUT2D eigenvalue weighted by Crippen LogP contribution is -2.68. The lowest BCUT2D eigenvalue weighted by molar-refractivity contribution is -0.755. The molecule has 5 aromatic rings. The van der Waals surface area contributed by atoms with Crippen molar-refractivity contribution < 1.29 is 13.5 Å². The van der Waals surface area contributed by atoms with Gasteiger partial charge in [-0.1, -0.05) is 83.5 Å². The molecule has 0 radical (unpaired) electrons. The zero-order valence-electron chi connectivity index (χ0n) is 28.5. The van der Waals surface area contributed by atoms with E-state index in [1.165, 1.54) is 50.0 Å². The van der Waals surface area contributed by atoms with E-state index in [2.05, 4.69) is 149 Å². The fourth-order valence-electron chi connectivity index (χ4n) is 8.94. The largest absolute Gasteiger partial charge is 0.222 e. The number of pyridine rings is 2. The number of rotatable bonds is 8. The lowest BCUT2D eigenvalue weighted by atomic mass is 9.56. The quantitative estimate of drug-likeness (QED) is 0.155. The van der Waals surface area contributed by atoms with E-state index < -0.39 is 5.41 Å². The molecular weight excluding hydrogens is 563 g/mol. The van der Waals surface area contributed by atoms with E-state index in [9.17, 15) is 0 Å². The molecule has 46 heavy (non-hydrogen) atoms. The minimum atomic E-state index is -0.455. The maximum absolute atomic E-state index is 16.3. The van der Waals surface area contributed by atoms with Crippen LogP contribution >= 0.6 is 0 Å². The van der Waals surface area contributed by atoms with E-state index >= 15 is 4.39 Å². The maximum atomic E-state index is 16.3. The molecule has 234 valence electrons. The topological polar surface area (TPSA) is 7.76 Å². The summed E-state index contributed by atoms with van der Waals surface area (Å²) in [6.45, 7) is 13.7. The van der Waals surface area contributed by atoms with Crippen molar-refractivity contribution in [3.05, 3.63) is 125 Å². The van der Waals surface area contributed by atoms with Gasteiger partial charge in [-0.2, -0.15) is 4.57 Å². The van der Waals surface area contributed by atoms with Gasteiger partial charge in [0.1, 0.15) is 12.9 Å². The van der Waals surface area contributed by atoms with Crippen LogP contribution in [0.3, 0.4) is 0 Å². The highest BCUT2D eigenvalue weighted by molar-refractivity contribution is 6.02. The fraction of sp³-hybridized carbons (Fsp3) is 0.349. The number of nitrogens with zero attached hydrogens (tertiary/aromatic N) is 2. The molecule has 2 atom stereocenters. The molecule has 2 aliphatic rings. The zero-order chi connectivity index (χ0) is 32.4. The molecule has 3 heteroatoms. The number of hydrogen-bond acceptors (Lipinski definition) is 0. The Labute approximate surface area is 274 Å². The van der Waals surface area contributed by atoms with Gasteiger partial charge in [0.05, 0.1) is 21.9 Å². The molecule has 2 nitrogen and oxygen atoms in total. The Morgan fingerprint density at radius 1 is 0.826 bits per heavy atom. The maximum Gasteiger partial charge on any atom is 0.222 e. The van der Waals surface area contributed by atoms with Crippen molar-refractivity contribution in [1.82, 2.24) is 0 Å². The van der Waals surface area contributed by atoms with Gasteiger partial charge in [0.15, 0.2) is 17.9 Å². The summed E-state index contributed by atoms with van der Waals surface area (Å²) in [5.41, 5.74) is 9.48. The Hall–Kier alpha value is -4.11. The van der Waals surface area contributed by atoms with E-state index in [1.54, 1.807) is 6.07 Å². The van der Waals surface area contributed by atoms with Crippen molar-refractivity contribution in [3.63, 3.8) is 0 Å². The Kier molecular flexibility index (Phi) is 7.31. The third-order valence-electron chi connectivity index (χ3n) is 11.7. The molecule has 0 spiro atoms. The van der Waals surface area contributed by atoms with Crippen molar-refractivity contribution >= 4 is 16.8 Å². The number of halogens is 1. The number of aromatic nitrogens is 2. The van der Waals surface area contributed by atoms with Gasteiger partial charge in [0.2, 0.25) is 11.4 Å². The highest BCUT2D eigenvalue weighted by atomic mass is 19.1. The Morgan fingerprint density at radius 3 is 2.35 bits per heavy atom. The van der Waals surface area contributed by atoms with Crippen LogP contribution < -0.4 is 9.13 Å². The summed E-state index contributed by atoms with van der Waals surface area (Å²) in [5.74, 6) is -0.0976. The molecule has 0 bridgehead atoms. The summed E-state index contributed by atoms with van der Waals surface area (Å²) in [6, 6.07) is 26.0. The first-order valence-electron chi connectivity index (χ1n) is 17.2. The predicted octanol–water partition coefficient (Wildman–Crippen LogP) is 9.91. The molecule has 3 heterocycles. The second-order valence-electron chi connectivity index (χ2n) is 14.3. The van der Waals surface area contributed by atoms with E-state index in [4.69, 9.17) is 0 Å². The lowest BCUT2D eigenvalue weighted by Gasteiger charge is -2.49. The first-order chi connectivity index (χ1) is 22.1. The molecule has 0 N–H and O–H groups in total. The minimum Gasteiger partial charge on any atom is -0.207 e. The SMILES string of the molecule is CCCCc1cc2c3c4[n+](ccc3c1)C(C=Cc1ccccc1-c1cccc[n+]1C)(CC)C(C)(CC)c1ccc(F)c(c1-4)C2(C)C. The molecule has 0 saturated heterocycles. The molecule has 0 amide bonds. The van der Waals surface area contributed by atoms with Crippen LogP contribution in [0.15, 0.2) is 91.3 Å². The summed E-state index contributed by atoms with van der Waals surface area (Å²) in [7, 11) is 2.11. The fourth-order valence-corrected chi connectivity index (χ4v) is 8.94. The van der Waals surface area contributed by atoms with Gasteiger partial charge in [-0.05, 0) is 78.1 Å². The molecule has 2 aromatic heterocycles. The van der Waals surface area contributed by atoms with E-state index in [1.807, 2.05) is 0 Å². The molecule has 7 rings (SSSR count). The van der Waals surface area contributed by atoms with Crippen LogP contribution in [0.25, 0.3) is 39.4 Å². The van der Waals surface area contributed by atoms with Gasteiger partial charge in [-0.15, -0.1) is 0 Å². The number of aryl methyl sites for hydroxylation is 2. The molecule has 1 aliphatic heterocycles. The Morgan fingerprint density at radius 2 is 1.61 bits per heavy atom. The summed E-state index contributed by atoms with van der Waals surface area (Å²) in [5, 5.41) is 2.55. The molecular formula is C43H47FN2+2. The second kappa shape index (κ2) is 11.0. The zero-order valence-corrected chi connectivity index (χ0v) is 28.5. The van der Waals surface area contributed by atoms with Gasteiger partial charge >= 0.3 is 0 Å². The average Bonchev–Trinajstić information content (AvgIpc) is 3.06. The van der Waals surface area contributed by atoms with Gasteiger partial charge in [-0.25, -0.2) is 8.96 Å². The van der Waals surface area contributed by atoms with Gasteiger partial charge in [-0.3, -0.25) is 0 Å². The van der Waals surface area contributed by atoms with Crippen LogP contribution in [0.1, 0.15) is 95.0 Å². The van der Waals surface area contributed by atoms with Gasteiger partial charge < -0.3 is 0 Å². The molecule has 3 aromatic carbocycles. The number of hydrogen-bond donors (Lipinski definition) is 0. The first kappa shape index (κ1) is 30.5. The van der Waals surface area contributed by atoms with E-state index in [-0.39, 0.29) is 16.8 Å². The second-order valence-corrected chi connectivity index (χ2v) is 14.3. The smallest absolute Gasteiger partial charge is 0.207 e. The standard InChI is InChI=1S/C43H47FN2/c1-8-11-16-29-27-31-23-26-46-40-37(31)34(28-29)41(4,5)39-35(44)21-20-33(38(39)40)42(6,9-2)43(46,10-3)24-22-30-17-12-13-18-32(30)36-19-14-15-25-45(36)7/h12-15,17-28H,8-11,16H2,1-7H3/q+2. The third-order valence-corrected chi connectivity index (χ3v) is 11.7. The molecule has 0 fully saturated rings. The van der Waals surface area contributed by atoms with Crippen molar-refractivity contribution in [2.24, 2.45) is 7.05 Å². The van der Waals surface area contributed by atoms with Crippen LogP contribution in [0, 0.1) is 5.82 Å². The summed E-state index contributed by atoms with van der Waals surface area (Å²) < 4.78 is 21.0. The molecule has 0 saturated carbocycles. The average molecular weight is 611 g/mol. The number of unbranched alkanes of at least 4 members (excludes halogenated alkanes) is 1. The van der Waals surface area contributed by atoms with Crippen LogP contribution in [0.4, 0.5) is 4.39 Å². The number of benzene rings is 3. The van der Waals surface area contributed by atoms with Crippen molar-refractivity contribution in [2.75, 3.05) is 0 Å². The minimum absolute atomic E-state index is 0.0976. The van der Waals surface area contributed by atoms with Crippen LogP contribution in [-0.4, -0.2) is 0 Å². The van der Waals surface area contributed by atoms with E-state index in [0.29, 0.717) is 0 Å². The summed E-state index contributed by atoms with van der Waals surface area (Å²) in [4.78, 5) is 0. The first-order valence-corrected chi connectivity index (χ1v) is 17.2. The van der Waals surface area contributed by atoms with Crippen LogP contribution in [0.2, 0.25) is 0 Å². The predicted molar refractivity (Wildman–Crippen MR) is 188 cm³/mol. The molecule has 2 unspecified atom stereocenters.